The van der Waals surface area contributed by atoms with Crippen LogP contribution in [0.4, 0.5) is 0 Å². The standard InChI is InChI=1S/C21H17BrN4O2S/c22-17-12-11-16(28-17)20-24-25-21(26(20)13-14-7-3-1-4-8-14)29-18(19(23)27)15-9-5-2-6-10-15/h1-12,18H,13H2,(H2,23,27). The molecule has 0 fully saturated rings. The molecule has 6 nitrogen and oxygen atoms in total. The number of nitrogens with two attached hydrogens (primary N) is 1. The summed E-state index contributed by atoms with van der Waals surface area (Å²) in [5, 5.41) is 8.68. The van der Waals surface area contributed by atoms with E-state index in [4.69, 9.17) is 10.2 Å². The van der Waals surface area contributed by atoms with Gasteiger partial charge in [-0.05, 0) is 39.2 Å². The number of hydrogen-bond donors (Lipinski definition) is 1. The third kappa shape index (κ3) is 4.44. The minimum atomic E-state index is -0.578. The molecule has 0 radical (unpaired) electrons. The summed E-state index contributed by atoms with van der Waals surface area (Å²) in [6.07, 6.45) is 0. The molecule has 1 unspecified atom stereocenters. The van der Waals surface area contributed by atoms with Crippen LogP contribution in [0.1, 0.15) is 16.4 Å². The Morgan fingerprint density at radius 1 is 1.03 bits per heavy atom. The zero-order chi connectivity index (χ0) is 20.2. The van der Waals surface area contributed by atoms with Crippen molar-refractivity contribution in [2.45, 2.75) is 17.0 Å². The molecule has 146 valence electrons. The fraction of sp³-hybridized carbons (Fsp3) is 0.0952. The topological polar surface area (TPSA) is 86.9 Å². The van der Waals surface area contributed by atoms with Crippen molar-refractivity contribution in [2.75, 3.05) is 0 Å². The Morgan fingerprint density at radius 3 is 2.34 bits per heavy atom. The lowest BCUT2D eigenvalue weighted by Gasteiger charge is -2.14. The molecule has 2 heterocycles. The summed E-state index contributed by atoms with van der Waals surface area (Å²) in [4.78, 5) is 12.2. The molecular weight excluding hydrogens is 452 g/mol. The minimum Gasteiger partial charge on any atom is -0.446 e. The first kappa shape index (κ1) is 19.5. The van der Waals surface area contributed by atoms with Gasteiger partial charge >= 0.3 is 0 Å². The largest absolute Gasteiger partial charge is 0.446 e. The number of aromatic nitrogens is 3. The number of thioether (sulfide) groups is 1. The van der Waals surface area contributed by atoms with Gasteiger partial charge in [-0.15, -0.1) is 10.2 Å². The van der Waals surface area contributed by atoms with E-state index in [0.717, 1.165) is 11.1 Å². The Morgan fingerprint density at radius 2 is 1.72 bits per heavy atom. The predicted molar refractivity (Wildman–Crippen MR) is 115 cm³/mol. The summed E-state index contributed by atoms with van der Waals surface area (Å²) in [6.45, 7) is 0.532. The number of halogens is 1. The Balaban J connectivity index is 1.74. The third-order valence-electron chi connectivity index (χ3n) is 4.28. The molecule has 4 aromatic rings. The van der Waals surface area contributed by atoms with Gasteiger partial charge < -0.3 is 10.2 Å². The molecular formula is C21H17BrN4O2S. The maximum absolute atomic E-state index is 12.2. The number of rotatable bonds is 7. The summed E-state index contributed by atoms with van der Waals surface area (Å²) in [6, 6.07) is 23.0. The van der Waals surface area contributed by atoms with Gasteiger partial charge in [-0.1, -0.05) is 72.4 Å². The first-order chi connectivity index (χ1) is 14.1. The van der Waals surface area contributed by atoms with E-state index in [1.807, 2.05) is 71.3 Å². The Hall–Kier alpha value is -2.84. The fourth-order valence-electron chi connectivity index (χ4n) is 2.92. The van der Waals surface area contributed by atoms with E-state index < -0.39 is 11.2 Å². The quantitative estimate of drug-likeness (QED) is 0.398. The van der Waals surface area contributed by atoms with E-state index in [0.29, 0.717) is 28.0 Å². The lowest BCUT2D eigenvalue weighted by atomic mass is 10.1. The Kier molecular flexibility index (Phi) is 5.82. The number of carbonyl (C=O) groups excluding carboxylic acids is 1. The lowest BCUT2D eigenvalue weighted by Crippen LogP contribution is -2.19. The average molecular weight is 469 g/mol. The van der Waals surface area contributed by atoms with Crippen molar-refractivity contribution >= 4 is 33.6 Å². The van der Waals surface area contributed by atoms with Gasteiger partial charge in [0.25, 0.3) is 0 Å². The first-order valence-electron chi connectivity index (χ1n) is 8.85. The zero-order valence-corrected chi connectivity index (χ0v) is 17.6. The zero-order valence-electron chi connectivity index (χ0n) is 15.2. The van der Waals surface area contributed by atoms with Crippen LogP contribution in [0, 0.1) is 0 Å². The molecule has 29 heavy (non-hydrogen) atoms. The third-order valence-corrected chi connectivity index (χ3v) is 5.96. The summed E-state index contributed by atoms with van der Waals surface area (Å²) < 4.78 is 8.23. The molecule has 8 heteroatoms. The molecule has 2 N–H and O–H groups in total. The van der Waals surface area contributed by atoms with Gasteiger partial charge in [0.1, 0.15) is 5.25 Å². The van der Waals surface area contributed by atoms with E-state index in [-0.39, 0.29) is 0 Å². The number of benzene rings is 2. The number of amides is 1. The van der Waals surface area contributed by atoms with Crippen LogP contribution in [0.25, 0.3) is 11.6 Å². The molecule has 0 saturated heterocycles. The van der Waals surface area contributed by atoms with Crippen LogP contribution in [0.3, 0.4) is 0 Å². The van der Waals surface area contributed by atoms with Crippen molar-refractivity contribution in [3.8, 4) is 11.6 Å². The summed E-state index contributed by atoms with van der Waals surface area (Å²) in [7, 11) is 0. The molecule has 1 amide bonds. The summed E-state index contributed by atoms with van der Waals surface area (Å²) in [5.41, 5.74) is 7.60. The normalized spacial score (nSPS) is 12.0. The monoisotopic (exact) mass is 468 g/mol. The highest BCUT2D eigenvalue weighted by Gasteiger charge is 2.25. The first-order valence-corrected chi connectivity index (χ1v) is 10.5. The average Bonchev–Trinajstić information content (AvgIpc) is 3.33. The van der Waals surface area contributed by atoms with Crippen LogP contribution in [-0.2, 0) is 11.3 Å². The number of hydrogen-bond acceptors (Lipinski definition) is 5. The van der Waals surface area contributed by atoms with Gasteiger partial charge in [-0.3, -0.25) is 9.36 Å². The van der Waals surface area contributed by atoms with Crippen LogP contribution in [-0.4, -0.2) is 20.7 Å². The Bertz CT molecular complexity index is 1110. The molecule has 4 rings (SSSR count). The van der Waals surface area contributed by atoms with Gasteiger partial charge in [0.2, 0.25) is 11.7 Å². The van der Waals surface area contributed by atoms with Gasteiger partial charge in [0.05, 0.1) is 6.54 Å². The van der Waals surface area contributed by atoms with Crippen LogP contribution < -0.4 is 5.73 Å². The SMILES string of the molecule is NC(=O)C(Sc1nnc(-c2ccc(Br)o2)n1Cc1ccccc1)c1ccccc1. The predicted octanol–water partition coefficient (Wildman–Crippen LogP) is 4.67. The lowest BCUT2D eigenvalue weighted by molar-refractivity contribution is -0.117. The van der Waals surface area contributed by atoms with Crippen LogP contribution >= 0.6 is 27.7 Å². The maximum Gasteiger partial charge on any atom is 0.235 e. The molecule has 0 spiro atoms. The van der Waals surface area contributed by atoms with Gasteiger partial charge in [0, 0.05) is 0 Å². The number of furan rings is 1. The van der Waals surface area contributed by atoms with Crippen molar-refractivity contribution < 1.29 is 9.21 Å². The van der Waals surface area contributed by atoms with E-state index in [1.54, 1.807) is 6.07 Å². The molecule has 0 bridgehead atoms. The second-order valence-electron chi connectivity index (χ2n) is 6.29. The van der Waals surface area contributed by atoms with Crippen molar-refractivity contribution in [1.29, 1.82) is 0 Å². The molecule has 2 aromatic carbocycles. The van der Waals surface area contributed by atoms with E-state index in [1.165, 1.54) is 11.8 Å². The van der Waals surface area contributed by atoms with E-state index in [9.17, 15) is 4.79 Å². The smallest absolute Gasteiger partial charge is 0.235 e. The van der Waals surface area contributed by atoms with Crippen molar-refractivity contribution in [1.82, 2.24) is 14.8 Å². The van der Waals surface area contributed by atoms with Crippen molar-refractivity contribution in [3.05, 3.63) is 88.6 Å². The maximum atomic E-state index is 12.2. The number of primary amides is 1. The van der Waals surface area contributed by atoms with Gasteiger partial charge in [-0.25, -0.2) is 0 Å². The fourth-order valence-corrected chi connectivity index (χ4v) is 4.22. The van der Waals surface area contributed by atoms with Gasteiger partial charge in [0.15, 0.2) is 15.6 Å². The molecule has 0 saturated carbocycles. The van der Waals surface area contributed by atoms with Crippen LogP contribution in [0.15, 0.2) is 87.0 Å². The van der Waals surface area contributed by atoms with E-state index >= 15 is 0 Å². The highest BCUT2D eigenvalue weighted by atomic mass is 79.9. The molecule has 0 aliphatic rings. The molecule has 0 aliphatic carbocycles. The molecule has 1 atom stereocenters. The highest BCUT2D eigenvalue weighted by Crippen LogP contribution is 2.36. The van der Waals surface area contributed by atoms with Crippen molar-refractivity contribution in [3.63, 3.8) is 0 Å². The molecule has 2 aromatic heterocycles. The second-order valence-corrected chi connectivity index (χ2v) is 8.15. The van der Waals surface area contributed by atoms with Crippen molar-refractivity contribution in [2.24, 2.45) is 5.73 Å². The second kappa shape index (κ2) is 8.67. The van der Waals surface area contributed by atoms with Crippen LogP contribution in [0.2, 0.25) is 0 Å². The molecule has 0 aliphatic heterocycles. The number of carbonyl (C=O) groups is 1. The highest BCUT2D eigenvalue weighted by molar-refractivity contribution is 9.10. The van der Waals surface area contributed by atoms with Gasteiger partial charge in [-0.2, -0.15) is 0 Å². The minimum absolute atomic E-state index is 0.433. The number of nitrogens with zero attached hydrogens (tertiary/aromatic N) is 3. The summed E-state index contributed by atoms with van der Waals surface area (Å²) in [5.74, 6) is 0.735. The Labute approximate surface area is 180 Å². The van der Waals surface area contributed by atoms with Crippen LogP contribution in [0.5, 0.6) is 0 Å². The summed E-state index contributed by atoms with van der Waals surface area (Å²) >= 11 is 4.61. The van der Waals surface area contributed by atoms with E-state index in [2.05, 4.69) is 26.1 Å².